The summed E-state index contributed by atoms with van der Waals surface area (Å²) in [6.07, 6.45) is 6.19. The largest absolute Gasteiger partial charge is 0.497 e. The van der Waals surface area contributed by atoms with Crippen molar-refractivity contribution in [2.24, 2.45) is 5.73 Å². The van der Waals surface area contributed by atoms with E-state index in [1.54, 1.807) is 7.11 Å². The molecule has 3 nitrogen and oxygen atoms in total. The molecular weight excluding hydrogens is 248 g/mol. The smallest absolute Gasteiger partial charge is 0.118 e. The molecule has 2 N–H and O–H groups in total. The molecule has 3 heteroatoms. The number of nitrogens with zero attached hydrogens (tertiary/aromatic N) is 1. The van der Waals surface area contributed by atoms with Crippen molar-refractivity contribution in [2.45, 2.75) is 50.6 Å². The molecule has 1 aromatic rings. The van der Waals surface area contributed by atoms with Gasteiger partial charge in [-0.3, -0.25) is 4.90 Å². The molecule has 1 aromatic carbocycles. The number of hydrogen-bond acceptors (Lipinski definition) is 3. The average Bonchev–Trinajstić information content (AvgIpc) is 2.43. The van der Waals surface area contributed by atoms with Gasteiger partial charge in [-0.15, -0.1) is 0 Å². The molecule has 1 unspecified atom stereocenters. The molecule has 2 rings (SSSR count). The van der Waals surface area contributed by atoms with E-state index in [0.29, 0.717) is 0 Å². The minimum absolute atomic E-state index is 0.102. The first-order valence-corrected chi connectivity index (χ1v) is 7.65. The Bertz CT molecular complexity index is 414. The van der Waals surface area contributed by atoms with Gasteiger partial charge in [0.2, 0.25) is 0 Å². The van der Waals surface area contributed by atoms with Gasteiger partial charge in [0.15, 0.2) is 0 Å². The van der Waals surface area contributed by atoms with E-state index < -0.39 is 0 Å². The fraction of sp³-hybridized carbons (Fsp3) is 0.647. The fourth-order valence-electron chi connectivity index (χ4n) is 2.84. The zero-order valence-corrected chi connectivity index (χ0v) is 13.1. The third-order valence-electron chi connectivity index (χ3n) is 5.02. The van der Waals surface area contributed by atoms with Gasteiger partial charge in [-0.25, -0.2) is 0 Å². The van der Waals surface area contributed by atoms with Crippen LogP contribution in [0.5, 0.6) is 5.75 Å². The van der Waals surface area contributed by atoms with Crippen molar-refractivity contribution >= 4 is 0 Å². The van der Waals surface area contributed by atoms with E-state index in [2.05, 4.69) is 31.0 Å². The number of benzene rings is 1. The monoisotopic (exact) mass is 276 g/mol. The molecule has 0 spiro atoms. The highest BCUT2D eigenvalue weighted by Crippen LogP contribution is 2.31. The van der Waals surface area contributed by atoms with Crippen LogP contribution in [0.15, 0.2) is 24.3 Å². The molecule has 1 saturated carbocycles. The zero-order valence-electron chi connectivity index (χ0n) is 13.1. The molecule has 112 valence electrons. The van der Waals surface area contributed by atoms with Crippen LogP contribution in [-0.4, -0.2) is 37.2 Å². The van der Waals surface area contributed by atoms with Gasteiger partial charge < -0.3 is 10.5 Å². The first-order chi connectivity index (χ1) is 9.59. The average molecular weight is 276 g/mol. The second kappa shape index (κ2) is 6.59. The standard InChI is InChI=1S/C17H28N2O/c1-17(13-18,19(2)15-5-4-6-15)12-11-14-7-9-16(20-3)10-8-14/h7-10,15H,4-6,11-13,18H2,1-3H3. The van der Waals surface area contributed by atoms with E-state index in [1.165, 1.54) is 24.8 Å². The van der Waals surface area contributed by atoms with E-state index >= 15 is 0 Å². The van der Waals surface area contributed by atoms with Crippen LogP contribution >= 0.6 is 0 Å². The predicted molar refractivity (Wildman–Crippen MR) is 84.2 cm³/mol. The van der Waals surface area contributed by atoms with Crippen LogP contribution < -0.4 is 10.5 Å². The molecule has 0 saturated heterocycles. The molecule has 0 heterocycles. The lowest BCUT2D eigenvalue weighted by atomic mass is 9.84. The maximum atomic E-state index is 6.07. The minimum Gasteiger partial charge on any atom is -0.497 e. The van der Waals surface area contributed by atoms with E-state index in [4.69, 9.17) is 10.5 Å². The molecule has 0 radical (unpaired) electrons. The van der Waals surface area contributed by atoms with Crippen molar-refractivity contribution in [2.75, 3.05) is 20.7 Å². The van der Waals surface area contributed by atoms with Crippen molar-refractivity contribution in [1.29, 1.82) is 0 Å². The number of ether oxygens (including phenoxy) is 1. The van der Waals surface area contributed by atoms with Gasteiger partial charge in [-0.05, 0) is 57.4 Å². The van der Waals surface area contributed by atoms with Crippen LogP contribution in [0.25, 0.3) is 0 Å². The summed E-state index contributed by atoms with van der Waals surface area (Å²) < 4.78 is 5.20. The van der Waals surface area contributed by atoms with Crippen molar-refractivity contribution in [3.8, 4) is 5.75 Å². The Balaban J connectivity index is 1.94. The minimum atomic E-state index is 0.102. The summed E-state index contributed by atoms with van der Waals surface area (Å²) in [6.45, 7) is 3.02. The molecule has 0 amide bonds. The van der Waals surface area contributed by atoms with Gasteiger partial charge in [0.05, 0.1) is 7.11 Å². The molecular formula is C17H28N2O. The highest BCUT2D eigenvalue weighted by molar-refractivity contribution is 5.27. The van der Waals surface area contributed by atoms with Gasteiger partial charge in [-0.1, -0.05) is 18.6 Å². The Kier molecular flexibility index (Phi) is 5.06. The summed E-state index contributed by atoms with van der Waals surface area (Å²) in [5.41, 5.74) is 7.53. The lowest BCUT2D eigenvalue weighted by Crippen LogP contribution is -2.56. The zero-order chi connectivity index (χ0) is 14.6. The first-order valence-electron chi connectivity index (χ1n) is 7.65. The summed E-state index contributed by atoms with van der Waals surface area (Å²) >= 11 is 0. The number of aryl methyl sites for hydroxylation is 1. The molecule has 1 aliphatic carbocycles. The molecule has 1 aliphatic rings. The molecule has 20 heavy (non-hydrogen) atoms. The van der Waals surface area contributed by atoms with Crippen molar-refractivity contribution in [3.63, 3.8) is 0 Å². The first kappa shape index (κ1) is 15.3. The van der Waals surface area contributed by atoms with Crippen LogP contribution in [-0.2, 0) is 6.42 Å². The lowest BCUT2D eigenvalue weighted by molar-refractivity contribution is 0.0443. The van der Waals surface area contributed by atoms with Crippen molar-refractivity contribution in [1.82, 2.24) is 4.90 Å². The van der Waals surface area contributed by atoms with Crippen molar-refractivity contribution in [3.05, 3.63) is 29.8 Å². The number of hydrogen-bond donors (Lipinski definition) is 1. The molecule has 0 aliphatic heterocycles. The number of likely N-dealkylation sites (N-methyl/N-ethyl adjacent to an activating group) is 1. The lowest BCUT2D eigenvalue weighted by Gasteiger charge is -2.46. The third kappa shape index (κ3) is 3.33. The Morgan fingerprint density at radius 3 is 2.40 bits per heavy atom. The topological polar surface area (TPSA) is 38.5 Å². The fourth-order valence-corrected chi connectivity index (χ4v) is 2.84. The second-order valence-corrected chi connectivity index (χ2v) is 6.24. The summed E-state index contributed by atoms with van der Waals surface area (Å²) in [6, 6.07) is 9.10. The van der Waals surface area contributed by atoms with Crippen LogP contribution in [0.1, 0.15) is 38.2 Å². The predicted octanol–water partition coefficient (Wildman–Crippen LogP) is 2.83. The normalized spacial score (nSPS) is 18.6. The van der Waals surface area contributed by atoms with Crippen LogP contribution in [0.2, 0.25) is 0 Å². The Hall–Kier alpha value is -1.06. The number of nitrogens with two attached hydrogens (primary N) is 1. The van der Waals surface area contributed by atoms with Crippen molar-refractivity contribution < 1.29 is 4.74 Å². The van der Waals surface area contributed by atoms with E-state index in [9.17, 15) is 0 Å². The highest BCUT2D eigenvalue weighted by Gasteiger charge is 2.34. The maximum Gasteiger partial charge on any atom is 0.118 e. The third-order valence-corrected chi connectivity index (χ3v) is 5.02. The van der Waals surface area contributed by atoms with Gasteiger partial charge in [-0.2, -0.15) is 0 Å². The molecule has 1 fully saturated rings. The van der Waals surface area contributed by atoms with Gasteiger partial charge in [0.1, 0.15) is 5.75 Å². The van der Waals surface area contributed by atoms with E-state index in [-0.39, 0.29) is 5.54 Å². The Labute approximate surface area is 123 Å². The SMILES string of the molecule is COc1ccc(CCC(C)(CN)N(C)C2CCC2)cc1. The number of methoxy groups -OCH3 is 1. The maximum absolute atomic E-state index is 6.07. The Morgan fingerprint density at radius 1 is 1.30 bits per heavy atom. The Morgan fingerprint density at radius 2 is 1.95 bits per heavy atom. The van der Waals surface area contributed by atoms with Crippen LogP contribution in [0.3, 0.4) is 0 Å². The van der Waals surface area contributed by atoms with Crippen LogP contribution in [0.4, 0.5) is 0 Å². The van der Waals surface area contributed by atoms with E-state index in [1.807, 2.05) is 12.1 Å². The van der Waals surface area contributed by atoms with Gasteiger partial charge >= 0.3 is 0 Å². The molecule has 0 aromatic heterocycles. The summed E-state index contributed by atoms with van der Waals surface area (Å²) in [7, 11) is 3.94. The molecule has 0 bridgehead atoms. The van der Waals surface area contributed by atoms with E-state index in [0.717, 1.165) is 31.2 Å². The van der Waals surface area contributed by atoms with Gasteiger partial charge in [0.25, 0.3) is 0 Å². The summed E-state index contributed by atoms with van der Waals surface area (Å²) in [5, 5.41) is 0. The quantitative estimate of drug-likeness (QED) is 0.832. The number of rotatable bonds is 7. The summed E-state index contributed by atoms with van der Waals surface area (Å²) in [5.74, 6) is 0.918. The van der Waals surface area contributed by atoms with Gasteiger partial charge in [0, 0.05) is 18.1 Å². The molecule has 1 atom stereocenters. The van der Waals surface area contributed by atoms with Crippen LogP contribution in [0, 0.1) is 0 Å². The highest BCUT2D eigenvalue weighted by atomic mass is 16.5. The second-order valence-electron chi connectivity index (χ2n) is 6.24. The summed E-state index contributed by atoms with van der Waals surface area (Å²) in [4.78, 5) is 2.51.